The molecule has 2 aromatic carbocycles. The number of β-lactam (4-membered cyclic amide) rings is 1. The molecule has 1 aliphatic rings. The van der Waals surface area contributed by atoms with Crippen molar-refractivity contribution in [1.29, 1.82) is 0 Å². The van der Waals surface area contributed by atoms with Crippen LogP contribution in [0.3, 0.4) is 0 Å². The van der Waals surface area contributed by atoms with Crippen LogP contribution in [-0.2, 0) is 9.59 Å². The molecule has 1 heterocycles. The van der Waals surface area contributed by atoms with Crippen molar-refractivity contribution >= 4 is 11.9 Å². The van der Waals surface area contributed by atoms with Crippen molar-refractivity contribution < 1.29 is 24.5 Å². The second-order valence-corrected chi connectivity index (χ2v) is 5.98. The molecule has 0 aromatic heterocycles. The van der Waals surface area contributed by atoms with Gasteiger partial charge >= 0.3 is 5.97 Å². The molecule has 1 amide bonds. The predicted molar refractivity (Wildman–Crippen MR) is 90.0 cm³/mol. The van der Waals surface area contributed by atoms with E-state index in [0.29, 0.717) is 5.75 Å². The first-order valence-corrected chi connectivity index (χ1v) is 8.00. The van der Waals surface area contributed by atoms with Crippen molar-refractivity contribution in [2.24, 2.45) is 0 Å². The topological polar surface area (TPSA) is 87.1 Å². The molecule has 0 bridgehead atoms. The molecule has 0 saturated carbocycles. The molecular formula is C19H19NO5. The largest absolute Gasteiger partial charge is 0.480 e. The van der Waals surface area contributed by atoms with E-state index in [2.05, 4.69) is 0 Å². The third-order valence-corrected chi connectivity index (χ3v) is 4.24. The van der Waals surface area contributed by atoms with E-state index >= 15 is 0 Å². The maximum absolute atomic E-state index is 12.6. The summed E-state index contributed by atoms with van der Waals surface area (Å²) in [7, 11) is 0. The molecule has 0 spiro atoms. The van der Waals surface area contributed by atoms with Crippen LogP contribution in [0.1, 0.15) is 18.5 Å². The molecule has 3 rings (SSSR count). The van der Waals surface area contributed by atoms with Crippen molar-refractivity contribution in [3.63, 3.8) is 0 Å². The van der Waals surface area contributed by atoms with Crippen molar-refractivity contribution in [2.75, 3.05) is 0 Å². The number of carbonyl (C=O) groups is 2. The quantitative estimate of drug-likeness (QED) is 0.783. The van der Waals surface area contributed by atoms with E-state index < -0.39 is 36.2 Å². The number of carbonyl (C=O) groups excluding carboxylic acids is 1. The van der Waals surface area contributed by atoms with E-state index in [1.54, 1.807) is 24.3 Å². The van der Waals surface area contributed by atoms with Crippen LogP contribution in [0.5, 0.6) is 5.75 Å². The molecule has 25 heavy (non-hydrogen) atoms. The number of benzene rings is 2. The Labute approximate surface area is 145 Å². The Kier molecular flexibility index (Phi) is 4.72. The number of carboxylic acid groups (broad SMARTS) is 1. The normalized spacial score (nSPS) is 22.0. The number of ether oxygens (including phenoxy) is 1. The van der Waals surface area contributed by atoms with Gasteiger partial charge in [-0.05, 0) is 24.6 Å². The first-order chi connectivity index (χ1) is 12.0. The SMILES string of the molecule is CC(O)[C@@H](C(=O)O)N1C(=O)[C@H](Oc2ccccc2)[C@@H]1c1ccccc1. The minimum absolute atomic E-state index is 0.453. The van der Waals surface area contributed by atoms with Crippen molar-refractivity contribution in [3.05, 3.63) is 66.2 Å². The molecule has 6 heteroatoms. The van der Waals surface area contributed by atoms with E-state index in [0.717, 1.165) is 5.56 Å². The number of para-hydroxylation sites is 1. The van der Waals surface area contributed by atoms with E-state index in [1.807, 2.05) is 36.4 Å². The molecule has 1 unspecified atom stereocenters. The molecule has 0 aliphatic carbocycles. The van der Waals surface area contributed by atoms with E-state index in [4.69, 9.17) is 4.74 Å². The lowest BCUT2D eigenvalue weighted by molar-refractivity contribution is -0.182. The average Bonchev–Trinajstić information content (AvgIpc) is 2.61. The highest BCUT2D eigenvalue weighted by molar-refractivity contribution is 5.93. The highest BCUT2D eigenvalue weighted by atomic mass is 16.5. The monoisotopic (exact) mass is 341 g/mol. The van der Waals surface area contributed by atoms with Crippen LogP contribution in [0, 0.1) is 0 Å². The van der Waals surface area contributed by atoms with Gasteiger partial charge in [0.2, 0.25) is 6.10 Å². The Bertz CT molecular complexity index is 747. The third-order valence-electron chi connectivity index (χ3n) is 4.24. The van der Waals surface area contributed by atoms with Crippen LogP contribution in [0.2, 0.25) is 0 Å². The zero-order valence-electron chi connectivity index (χ0n) is 13.6. The fourth-order valence-electron chi connectivity index (χ4n) is 3.10. The summed E-state index contributed by atoms with van der Waals surface area (Å²) in [6, 6.07) is 16.1. The fourth-order valence-corrected chi connectivity index (χ4v) is 3.10. The molecule has 4 atom stereocenters. The molecular weight excluding hydrogens is 322 g/mol. The number of aliphatic hydroxyl groups is 1. The Morgan fingerprint density at radius 1 is 1.08 bits per heavy atom. The Hall–Kier alpha value is -2.86. The Balaban J connectivity index is 1.94. The summed E-state index contributed by atoms with van der Waals surface area (Å²) in [5.74, 6) is -1.17. The number of likely N-dealkylation sites (tertiary alicyclic amines) is 1. The lowest BCUT2D eigenvalue weighted by atomic mass is 9.87. The van der Waals surface area contributed by atoms with E-state index in [1.165, 1.54) is 11.8 Å². The molecule has 6 nitrogen and oxygen atoms in total. The number of aliphatic carboxylic acids is 1. The Morgan fingerprint density at radius 3 is 2.16 bits per heavy atom. The molecule has 2 N–H and O–H groups in total. The minimum Gasteiger partial charge on any atom is -0.480 e. The second kappa shape index (κ2) is 6.94. The summed E-state index contributed by atoms with van der Waals surface area (Å²) in [5.41, 5.74) is 0.759. The van der Waals surface area contributed by atoms with Gasteiger partial charge in [-0.1, -0.05) is 48.5 Å². The fraction of sp³-hybridized carbons (Fsp3) is 0.263. The predicted octanol–water partition coefficient (Wildman–Crippen LogP) is 1.85. The van der Waals surface area contributed by atoms with Crippen LogP contribution in [0.15, 0.2) is 60.7 Å². The number of hydrogen-bond donors (Lipinski definition) is 2. The maximum atomic E-state index is 12.6. The summed E-state index contributed by atoms with van der Waals surface area (Å²) in [4.78, 5) is 25.4. The van der Waals surface area contributed by atoms with Crippen LogP contribution < -0.4 is 4.74 Å². The maximum Gasteiger partial charge on any atom is 0.329 e. The van der Waals surface area contributed by atoms with Crippen molar-refractivity contribution in [1.82, 2.24) is 4.90 Å². The molecule has 2 aromatic rings. The van der Waals surface area contributed by atoms with Crippen LogP contribution in [-0.4, -0.2) is 45.2 Å². The number of aliphatic hydroxyl groups excluding tert-OH is 1. The third kappa shape index (κ3) is 3.21. The molecule has 1 fully saturated rings. The van der Waals surface area contributed by atoms with Gasteiger partial charge in [0.15, 0.2) is 6.04 Å². The van der Waals surface area contributed by atoms with E-state index in [9.17, 15) is 19.8 Å². The van der Waals surface area contributed by atoms with Crippen molar-refractivity contribution in [3.8, 4) is 5.75 Å². The standard InChI is InChI=1S/C19H19NO5/c1-12(21)15(19(23)24)20-16(13-8-4-2-5-9-13)17(18(20)22)25-14-10-6-3-7-11-14/h2-12,15-17,21H,1H3,(H,23,24)/t12?,15-,16-,17+/m0/s1. The molecule has 1 aliphatic heterocycles. The summed E-state index contributed by atoms with van der Waals surface area (Å²) in [6.07, 6.45) is -2.03. The van der Waals surface area contributed by atoms with Crippen LogP contribution >= 0.6 is 0 Å². The number of amides is 1. The lowest BCUT2D eigenvalue weighted by Crippen LogP contribution is -2.68. The van der Waals surface area contributed by atoms with Crippen LogP contribution in [0.4, 0.5) is 0 Å². The van der Waals surface area contributed by atoms with Gasteiger partial charge in [0.05, 0.1) is 6.10 Å². The zero-order chi connectivity index (χ0) is 18.0. The van der Waals surface area contributed by atoms with Gasteiger partial charge < -0.3 is 19.8 Å². The van der Waals surface area contributed by atoms with Crippen molar-refractivity contribution in [2.45, 2.75) is 31.2 Å². The highest BCUT2D eigenvalue weighted by Crippen LogP contribution is 2.40. The second-order valence-electron chi connectivity index (χ2n) is 5.98. The molecule has 1 saturated heterocycles. The first-order valence-electron chi connectivity index (χ1n) is 8.00. The summed E-state index contributed by atoms with van der Waals surface area (Å²) in [6.45, 7) is 1.36. The summed E-state index contributed by atoms with van der Waals surface area (Å²) in [5, 5.41) is 19.3. The highest BCUT2D eigenvalue weighted by Gasteiger charge is 2.55. The van der Waals surface area contributed by atoms with Crippen LogP contribution in [0.25, 0.3) is 0 Å². The number of nitrogens with zero attached hydrogens (tertiary/aromatic N) is 1. The number of hydrogen-bond acceptors (Lipinski definition) is 4. The van der Waals surface area contributed by atoms with Gasteiger partial charge in [-0.25, -0.2) is 4.79 Å². The summed E-state index contributed by atoms with van der Waals surface area (Å²) < 4.78 is 5.80. The van der Waals surface area contributed by atoms with E-state index in [-0.39, 0.29) is 0 Å². The Morgan fingerprint density at radius 2 is 1.64 bits per heavy atom. The molecule has 130 valence electrons. The molecule has 0 radical (unpaired) electrons. The van der Waals surface area contributed by atoms with Gasteiger partial charge in [-0.15, -0.1) is 0 Å². The first kappa shape index (κ1) is 17.0. The average molecular weight is 341 g/mol. The van der Waals surface area contributed by atoms with Gasteiger partial charge in [0.25, 0.3) is 5.91 Å². The number of carboxylic acids is 1. The lowest BCUT2D eigenvalue weighted by Gasteiger charge is -2.49. The minimum atomic E-state index is -1.33. The van der Waals surface area contributed by atoms with Gasteiger partial charge in [-0.3, -0.25) is 4.79 Å². The zero-order valence-corrected chi connectivity index (χ0v) is 13.6. The number of rotatable bonds is 6. The van der Waals surface area contributed by atoms with Gasteiger partial charge in [0, 0.05) is 0 Å². The summed E-state index contributed by atoms with van der Waals surface area (Å²) >= 11 is 0. The van der Waals surface area contributed by atoms with Gasteiger partial charge in [0.1, 0.15) is 11.8 Å². The van der Waals surface area contributed by atoms with Gasteiger partial charge in [-0.2, -0.15) is 0 Å². The smallest absolute Gasteiger partial charge is 0.329 e.